The molecule has 0 aliphatic heterocycles. The second-order valence-electron chi connectivity index (χ2n) is 7.39. The maximum absolute atomic E-state index is 12.5. The summed E-state index contributed by atoms with van der Waals surface area (Å²) in [7, 11) is 0. The predicted octanol–water partition coefficient (Wildman–Crippen LogP) is 7.04. The minimum atomic E-state index is -0.341. The van der Waals surface area contributed by atoms with Crippen LogP contribution in [0.5, 0.6) is 5.75 Å². The summed E-state index contributed by atoms with van der Waals surface area (Å²) in [5.41, 5.74) is 3.61. The number of carbonyl (C=O) groups is 2. The smallest absolute Gasteiger partial charge is 0.262 e. The molecule has 0 heterocycles. The quantitative estimate of drug-likeness (QED) is 0.267. The molecule has 0 radical (unpaired) electrons. The fraction of sp³-hybridized carbons (Fsp3) is 0.0370. The largest absolute Gasteiger partial charge is 0.483 e. The van der Waals surface area contributed by atoms with Gasteiger partial charge in [0.15, 0.2) is 6.61 Å². The number of halogens is 2. The molecule has 0 atom stereocenters. The van der Waals surface area contributed by atoms with Crippen molar-refractivity contribution in [2.24, 2.45) is 0 Å². The van der Waals surface area contributed by atoms with Gasteiger partial charge in [-0.2, -0.15) is 0 Å². The first-order valence-corrected chi connectivity index (χ1v) is 11.6. The minimum Gasteiger partial charge on any atom is -0.483 e. The molecule has 4 aromatic rings. The fourth-order valence-electron chi connectivity index (χ4n) is 3.28. The van der Waals surface area contributed by atoms with Crippen LogP contribution in [0.25, 0.3) is 11.1 Å². The second kappa shape index (κ2) is 11.0. The van der Waals surface area contributed by atoms with Gasteiger partial charge in [0.25, 0.3) is 11.8 Å². The van der Waals surface area contributed by atoms with Crippen molar-refractivity contribution in [3.63, 3.8) is 0 Å². The lowest BCUT2D eigenvalue weighted by atomic mass is 10.1. The molecule has 0 spiro atoms. The molecule has 0 fully saturated rings. The van der Waals surface area contributed by atoms with E-state index in [9.17, 15) is 9.59 Å². The summed E-state index contributed by atoms with van der Waals surface area (Å²) in [6.07, 6.45) is 0. The number of rotatable bonds is 7. The van der Waals surface area contributed by atoms with Crippen LogP contribution in [-0.4, -0.2) is 18.4 Å². The average molecular weight is 536 g/mol. The van der Waals surface area contributed by atoms with Crippen LogP contribution in [0, 0.1) is 0 Å². The highest BCUT2D eigenvalue weighted by molar-refractivity contribution is 9.10. The molecule has 0 aromatic heterocycles. The van der Waals surface area contributed by atoms with Crippen LogP contribution in [0.4, 0.5) is 11.4 Å². The van der Waals surface area contributed by atoms with Crippen molar-refractivity contribution in [1.82, 2.24) is 0 Å². The molecular weight excluding hydrogens is 516 g/mol. The molecule has 2 amide bonds. The minimum absolute atomic E-state index is 0.178. The van der Waals surface area contributed by atoms with E-state index < -0.39 is 0 Å². The van der Waals surface area contributed by atoms with Crippen LogP contribution in [-0.2, 0) is 4.79 Å². The number of nitrogens with one attached hydrogen (secondary N) is 2. The van der Waals surface area contributed by atoms with Crippen LogP contribution in [0.15, 0.2) is 102 Å². The van der Waals surface area contributed by atoms with Gasteiger partial charge in [0.1, 0.15) is 5.75 Å². The number of benzene rings is 4. The van der Waals surface area contributed by atoms with E-state index in [-0.39, 0.29) is 18.4 Å². The summed E-state index contributed by atoms with van der Waals surface area (Å²) in [4.78, 5) is 25.0. The van der Waals surface area contributed by atoms with Gasteiger partial charge in [-0.25, -0.2) is 0 Å². The summed E-state index contributed by atoms with van der Waals surface area (Å²) in [5, 5.41) is 6.07. The third kappa shape index (κ3) is 6.25. The third-order valence-corrected chi connectivity index (χ3v) is 5.74. The van der Waals surface area contributed by atoms with Crippen molar-refractivity contribution in [2.75, 3.05) is 17.2 Å². The lowest BCUT2D eigenvalue weighted by Crippen LogP contribution is -2.20. The number of ether oxygens (including phenoxy) is 1. The third-order valence-electron chi connectivity index (χ3n) is 4.89. The highest BCUT2D eigenvalue weighted by Crippen LogP contribution is 2.30. The van der Waals surface area contributed by atoms with Crippen molar-refractivity contribution in [2.45, 2.75) is 0 Å². The van der Waals surface area contributed by atoms with E-state index in [1.807, 2.05) is 48.5 Å². The van der Waals surface area contributed by atoms with Crippen LogP contribution < -0.4 is 15.4 Å². The number of amides is 2. The van der Waals surface area contributed by atoms with Crippen molar-refractivity contribution in [3.05, 3.63) is 112 Å². The monoisotopic (exact) mass is 534 g/mol. The molecule has 0 bridgehead atoms. The molecule has 170 valence electrons. The summed E-state index contributed by atoms with van der Waals surface area (Å²) >= 11 is 9.47. The Morgan fingerprint density at radius 3 is 2.24 bits per heavy atom. The molecule has 0 saturated carbocycles. The average Bonchev–Trinajstić information content (AvgIpc) is 2.84. The number of hydrogen-bond donors (Lipinski definition) is 2. The first-order valence-electron chi connectivity index (χ1n) is 10.4. The zero-order valence-corrected chi connectivity index (χ0v) is 20.3. The van der Waals surface area contributed by atoms with Gasteiger partial charge < -0.3 is 15.4 Å². The molecule has 0 aliphatic rings. The second-order valence-corrected chi connectivity index (χ2v) is 8.68. The Labute approximate surface area is 210 Å². The number of anilines is 2. The number of hydrogen-bond acceptors (Lipinski definition) is 3. The highest BCUT2D eigenvalue weighted by Gasteiger charge is 2.11. The van der Waals surface area contributed by atoms with Gasteiger partial charge in [0.2, 0.25) is 0 Å². The topological polar surface area (TPSA) is 67.4 Å². The van der Waals surface area contributed by atoms with E-state index in [1.165, 1.54) is 0 Å². The zero-order valence-electron chi connectivity index (χ0n) is 17.9. The van der Waals surface area contributed by atoms with Gasteiger partial charge in [-0.1, -0.05) is 60.1 Å². The van der Waals surface area contributed by atoms with Gasteiger partial charge in [-0.15, -0.1) is 0 Å². The Hall–Kier alpha value is -3.61. The first-order chi connectivity index (χ1) is 16.5. The standard InChI is InChI=1S/C27H20BrClN2O3/c28-24-15-19(18-6-2-1-3-7-18)12-13-25(24)34-17-26(32)30-22-10-4-8-20(14-22)27(33)31-23-11-5-9-21(29)16-23/h1-16H,17H2,(H,30,32)(H,31,33). The van der Waals surface area contributed by atoms with E-state index in [2.05, 4.69) is 26.6 Å². The fourth-order valence-corrected chi connectivity index (χ4v) is 3.96. The molecule has 34 heavy (non-hydrogen) atoms. The summed E-state index contributed by atoms with van der Waals surface area (Å²) in [6.45, 7) is -0.178. The van der Waals surface area contributed by atoms with E-state index in [0.29, 0.717) is 27.7 Å². The molecule has 4 rings (SSSR count). The lowest BCUT2D eigenvalue weighted by molar-refractivity contribution is -0.118. The van der Waals surface area contributed by atoms with Crippen LogP contribution in [0.2, 0.25) is 5.02 Å². The van der Waals surface area contributed by atoms with Crippen molar-refractivity contribution < 1.29 is 14.3 Å². The van der Waals surface area contributed by atoms with Gasteiger partial charge >= 0.3 is 0 Å². The van der Waals surface area contributed by atoms with E-state index >= 15 is 0 Å². The summed E-state index contributed by atoms with van der Waals surface area (Å²) in [6, 6.07) is 29.2. The van der Waals surface area contributed by atoms with Crippen LogP contribution in [0.1, 0.15) is 10.4 Å². The summed E-state index contributed by atoms with van der Waals surface area (Å²) in [5.74, 6) is -0.0898. The maximum atomic E-state index is 12.5. The van der Waals surface area contributed by atoms with Crippen LogP contribution >= 0.6 is 27.5 Å². The molecule has 5 nitrogen and oxygen atoms in total. The van der Waals surface area contributed by atoms with E-state index in [1.54, 1.807) is 48.5 Å². The molecule has 0 saturated heterocycles. The van der Waals surface area contributed by atoms with Gasteiger partial charge in [-0.3, -0.25) is 9.59 Å². The molecule has 2 N–H and O–H groups in total. The Morgan fingerprint density at radius 2 is 1.50 bits per heavy atom. The highest BCUT2D eigenvalue weighted by atomic mass is 79.9. The van der Waals surface area contributed by atoms with Crippen molar-refractivity contribution in [3.8, 4) is 16.9 Å². The van der Waals surface area contributed by atoms with E-state index in [0.717, 1.165) is 15.6 Å². The first kappa shape index (κ1) is 23.5. The Bertz CT molecular complexity index is 1330. The molecule has 0 unspecified atom stereocenters. The molecule has 4 aromatic carbocycles. The van der Waals surface area contributed by atoms with Gasteiger partial charge in [0, 0.05) is 22.0 Å². The van der Waals surface area contributed by atoms with Gasteiger partial charge in [-0.05, 0) is 75.6 Å². The normalized spacial score (nSPS) is 10.4. The van der Waals surface area contributed by atoms with Crippen molar-refractivity contribution >= 4 is 50.7 Å². The number of carbonyl (C=O) groups excluding carboxylic acids is 2. The summed E-state index contributed by atoms with van der Waals surface area (Å²) < 4.78 is 6.43. The maximum Gasteiger partial charge on any atom is 0.262 e. The van der Waals surface area contributed by atoms with Crippen molar-refractivity contribution in [1.29, 1.82) is 0 Å². The Balaban J connectivity index is 1.35. The zero-order chi connectivity index (χ0) is 23.9. The molecular formula is C27H20BrClN2O3. The SMILES string of the molecule is O=C(COc1ccc(-c2ccccc2)cc1Br)Nc1cccc(C(=O)Nc2cccc(Cl)c2)c1. The Kier molecular flexibility index (Phi) is 7.62. The van der Waals surface area contributed by atoms with E-state index in [4.69, 9.17) is 16.3 Å². The lowest BCUT2D eigenvalue weighted by Gasteiger charge is -2.11. The van der Waals surface area contributed by atoms with Crippen LogP contribution in [0.3, 0.4) is 0 Å². The predicted molar refractivity (Wildman–Crippen MR) is 140 cm³/mol. The molecule has 7 heteroatoms. The molecule has 0 aliphatic carbocycles. The van der Waals surface area contributed by atoms with Gasteiger partial charge in [0.05, 0.1) is 4.47 Å². The Morgan fingerprint density at radius 1 is 0.765 bits per heavy atom.